The first-order chi connectivity index (χ1) is 35.0. The lowest BCUT2D eigenvalue weighted by Crippen LogP contribution is -2.16. The summed E-state index contributed by atoms with van der Waals surface area (Å²) < 4.78 is 4.85. The third-order valence-electron chi connectivity index (χ3n) is 14.7. The lowest BCUT2D eigenvalue weighted by Gasteiger charge is -2.22. The second-order valence-corrected chi connectivity index (χ2v) is 19.2. The highest BCUT2D eigenvalue weighted by molar-refractivity contribution is 6.14. The molecule has 350 valence electrons. The number of benzene rings is 8. The Morgan fingerprint density at radius 2 is 1.07 bits per heavy atom. The molecule has 1 unspecified atom stereocenters. The summed E-state index contributed by atoms with van der Waals surface area (Å²) in [5.74, 6) is 0.272. The summed E-state index contributed by atoms with van der Waals surface area (Å²) in [5.41, 5.74) is 26.2. The molecular formula is C67H62N4. The van der Waals surface area contributed by atoms with Crippen LogP contribution in [0.3, 0.4) is 0 Å². The second kappa shape index (κ2) is 20.2. The summed E-state index contributed by atoms with van der Waals surface area (Å²) in [6.07, 6.45) is 18.8. The van der Waals surface area contributed by atoms with Crippen LogP contribution in [0, 0.1) is 5.92 Å². The molecule has 71 heavy (non-hydrogen) atoms. The maximum atomic E-state index is 6.55. The van der Waals surface area contributed by atoms with Gasteiger partial charge in [0.1, 0.15) is 0 Å². The molecule has 10 aromatic rings. The van der Waals surface area contributed by atoms with Crippen molar-refractivity contribution in [2.45, 2.75) is 46.0 Å². The van der Waals surface area contributed by atoms with Crippen LogP contribution in [0.15, 0.2) is 219 Å². The number of rotatable bonds is 13. The van der Waals surface area contributed by atoms with E-state index in [9.17, 15) is 0 Å². The van der Waals surface area contributed by atoms with Crippen molar-refractivity contribution in [2.24, 2.45) is 11.7 Å². The van der Waals surface area contributed by atoms with E-state index in [2.05, 4.69) is 254 Å². The van der Waals surface area contributed by atoms with Gasteiger partial charge in [-0.3, -0.25) is 0 Å². The van der Waals surface area contributed by atoms with Gasteiger partial charge in [0, 0.05) is 46.5 Å². The van der Waals surface area contributed by atoms with E-state index in [4.69, 9.17) is 5.73 Å². The minimum Gasteiger partial charge on any atom is -0.380 e. The fourth-order valence-electron chi connectivity index (χ4n) is 11.2. The lowest BCUT2D eigenvalue weighted by molar-refractivity contribution is 0.446. The SMILES string of the molecule is C/C=C\C=C(\c1ccccc1-c1ccc2c(c1)c1cc(-c3ccc4c(c3)c3cc(-c5ccccc5C5=C/C=C\N(C)CCC5)ccc3n4-c3ccccc3)ccc1n2-c1ccccc1)C(CN)CCCC. The topological polar surface area (TPSA) is 39.1 Å². The highest BCUT2D eigenvalue weighted by atomic mass is 15.1. The van der Waals surface area contributed by atoms with E-state index in [-0.39, 0.29) is 5.92 Å². The summed E-state index contributed by atoms with van der Waals surface area (Å²) in [6, 6.07) is 67.7. The molecule has 2 N–H and O–H groups in total. The van der Waals surface area contributed by atoms with E-state index in [1.54, 1.807) is 0 Å². The molecule has 2 aromatic heterocycles. The van der Waals surface area contributed by atoms with Gasteiger partial charge in [-0.05, 0) is 179 Å². The Labute approximate surface area is 419 Å². The van der Waals surface area contributed by atoms with Gasteiger partial charge in [0.05, 0.1) is 22.1 Å². The predicted molar refractivity (Wildman–Crippen MR) is 305 cm³/mol. The molecule has 1 aliphatic heterocycles. The van der Waals surface area contributed by atoms with Crippen LogP contribution in [0.2, 0.25) is 0 Å². The molecular weight excluding hydrogens is 861 g/mol. The Kier molecular flexibility index (Phi) is 13.0. The number of nitrogens with zero attached hydrogens (tertiary/aromatic N) is 3. The number of nitrogens with two attached hydrogens (primary N) is 1. The van der Waals surface area contributed by atoms with Crippen LogP contribution < -0.4 is 5.73 Å². The molecule has 4 heteroatoms. The zero-order valence-corrected chi connectivity index (χ0v) is 41.2. The summed E-state index contributed by atoms with van der Waals surface area (Å²) in [5, 5.41) is 4.93. The standard InChI is InChI=1S/C67H62N4/c1-4-6-20-52(46-68)58(27-7-5-2)59-31-17-16-30-57(59)51-35-39-67-63(45-51)61-43-49(33-37-65(61)71(67)54-25-12-9-13-26-54)48-32-36-64-60(42-48)62-44-50(34-38-66(62)70(64)53-23-10-8-11-24-53)56-29-15-14-28-55(56)47-21-18-40-69(3)41-19-22-47/h5,7-18,21,23-40,42-45,52H,4,6,19-20,22,41,46,68H2,1-3H3/b7-5-,40-18-,47-21?,58-27+. The van der Waals surface area contributed by atoms with Crippen molar-refractivity contribution in [1.82, 2.24) is 14.0 Å². The summed E-state index contributed by atoms with van der Waals surface area (Å²) in [7, 11) is 2.16. The first kappa shape index (κ1) is 45.5. The molecule has 0 amide bonds. The van der Waals surface area contributed by atoms with Crippen molar-refractivity contribution >= 4 is 54.8 Å². The van der Waals surface area contributed by atoms with Gasteiger partial charge in [0.25, 0.3) is 0 Å². The molecule has 0 spiro atoms. The van der Waals surface area contributed by atoms with E-state index in [0.717, 1.165) is 50.0 Å². The highest BCUT2D eigenvalue weighted by Gasteiger charge is 2.21. The Balaban J connectivity index is 1.08. The van der Waals surface area contributed by atoms with Gasteiger partial charge in [0.2, 0.25) is 0 Å². The van der Waals surface area contributed by atoms with Crippen LogP contribution in [0.5, 0.6) is 0 Å². The van der Waals surface area contributed by atoms with Crippen molar-refractivity contribution in [3.63, 3.8) is 0 Å². The number of aromatic nitrogens is 2. The van der Waals surface area contributed by atoms with Crippen molar-refractivity contribution in [3.05, 3.63) is 230 Å². The fraction of sp³-hybridized carbons (Fsp3) is 0.164. The van der Waals surface area contributed by atoms with E-state index in [0.29, 0.717) is 6.54 Å². The second-order valence-electron chi connectivity index (χ2n) is 19.2. The van der Waals surface area contributed by atoms with Gasteiger partial charge >= 0.3 is 0 Å². The van der Waals surface area contributed by atoms with Crippen LogP contribution in [0.25, 0.3) is 99.5 Å². The fourth-order valence-corrected chi connectivity index (χ4v) is 11.2. The van der Waals surface area contributed by atoms with Crippen molar-refractivity contribution in [2.75, 3.05) is 20.1 Å². The molecule has 1 aliphatic rings. The van der Waals surface area contributed by atoms with E-state index >= 15 is 0 Å². The Morgan fingerprint density at radius 3 is 1.62 bits per heavy atom. The van der Waals surface area contributed by atoms with Gasteiger partial charge in [-0.15, -0.1) is 0 Å². The van der Waals surface area contributed by atoms with Crippen molar-refractivity contribution in [1.29, 1.82) is 0 Å². The quantitative estimate of drug-likeness (QED) is 0.117. The summed E-state index contributed by atoms with van der Waals surface area (Å²) in [4.78, 5) is 2.27. The third-order valence-corrected chi connectivity index (χ3v) is 14.7. The predicted octanol–water partition coefficient (Wildman–Crippen LogP) is 17.2. The van der Waals surface area contributed by atoms with Crippen LogP contribution >= 0.6 is 0 Å². The monoisotopic (exact) mass is 922 g/mol. The average molecular weight is 923 g/mol. The maximum Gasteiger partial charge on any atom is 0.0541 e. The lowest BCUT2D eigenvalue weighted by atomic mass is 9.84. The largest absolute Gasteiger partial charge is 0.380 e. The molecule has 0 fully saturated rings. The number of unbranched alkanes of at least 4 members (excludes halogenated alkanes) is 1. The van der Waals surface area contributed by atoms with Crippen LogP contribution in [-0.4, -0.2) is 34.2 Å². The van der Waals surface area contributed by atoms with Gasteiger partial charge in [-0.1, -0.05) is 153 Å². The normalized spacial score (nSPS) is 14.4. The molecule has 3 heterocycles. The van der Waals surface area contributed by atoms with Crippen LogP contribution in [0.4, 0.5) is 0 Å². The number of fused-ring (bicyclic) bond motifs is 6. The Bertz CT molecular complexity index is 3670. The minimum absolute atomic E-state index is 0.272. The van der Waals surface area contributed by atoms with E-state index in [1.165, 1.54) is 99.3 Å². The molecule has 0 saturated carbocycles. The smallest absolute Gasteiger partial charge is 0.0541 e. The number of hydrogen-bond acceptors (Lipinski definition) is 2. The average Bonchev–Trinajstić information content (AvgIpc) is 3.92. The first-order valence-electron chi connectivity index (χ1n) is 25.6. The Morgan fingerprint density at radius 1 is 0.577 bits per heavy atom. The number of hydrogen-bond donors (Lipinski definition) is 1. The van der Waals surface area contributed by atoms with Crippen molar-refractivity contribution < 1.29 is 0 Å². The van der Waals surface area contributed by atoms with Gasteiger partial charge in [-0.2, -0.15) is 0 Å². The van der Waals surface area contributed by atoms with Crippen molar-refractivity contribution in [3.8, 4) is 44.8 Å². The minimum atomic E-state index is 0.272. The molecule has 0 bridgehead atoms. The molecule has 11 rings (SSSR count). The zero-order valence-electron chi connectivity index (χ0n) is 41.2. The molecule has 1 atom stereocenters. The third kappa shape index (κ3) is 8.74. The molecule has 4 nitrogen and oxygen atoms in total. The van der Waals surface area contributed by atoms with Gasteiger partial charge in [0.15, 0.2) is 0 Å². The van der Waals surface area contributed by atoms with Gasteiger partial charge < -0.3 is 19.8 Å². The molecule has 8 aromatic carbocycles. The maximum absolute atomic E-state index is 6.55. The number of para-hydroxylation sites is 2. The summed E-state index contributed by atoms with van der Waals surface area (Å²) >= 11 is 0. The highest BCUT2D eigenvalue weighted by Crippen LogP contribution is 2.43. The van der Waals surface area contributed by atoms with Crippen LogP contribution in [0.1, 0.15) is 57.1 Å². The molecule has 0 aliphatic carbocycles. The Hall–Kier alpha value is -7.92. The molecule has 0 radical (unpaired) electrons. The first-order valence-corrected chi connectivity index (χ1v) is 25.6. The van der Waals surface area contributed by atoms with E-state index in [1.807, 2.05) is 0 Å². The van der Waals surface area contributed by atoms with Gasteiger partial charge in [-0.25, -0.2) is 0 Å². The summed E-state index contributed by atoms with van der Waals surface area (Å²) in [6.45, 7) is 6.01. The molecule has 0 saturated heterocycles. The zero-order chi connectivity index (χ0) is 48.3. The number of allylic oxidation sites excluding steroid dienone is 6. The van der Waals surface area contributed by atoms with Crippen LogP contribution in [-0.2, 0) is 0 Å². The van der Waals surface area contributed by atoms with E-state index < -0.39 is 0 Å².